The molecule has 1 saturated heterocycles. The van der Waals surface area contributed by atoms with Crippen molar-refractivity contribution >= 4 is 17.1 Å². The lowest BCUT2D eigenvalue weighted by atomic mass is 10.0. The van der Waals surface area contributed by atoms with Crippen molar-refractivity contribution in [1.29, 1.82) is 0 Å². The zero-order chi connectivity index (χ0) is 28.1. The number of nitrogens with one attached hydrogen (secondary N) is 1. The molecule has 1 aliphatic rings. The molecule has 4 aromatic rings. The molecule has 206 valence electrons. The summed E-state index contributed by atoms with van der Waals surface area (Å²) in [6.07, 6.45) is -2.71. The van der Waals surface area contributed by atoms with Crippen molar-refractivity contribution < 1.29 is 31.8 Å². The summed E-state index contributed by atoms with van der Waals surface area (Å²) in [6, 6.07) is 3.81. The Hall–Kier alpha value is -4.20. The van der Waals surface area contributed by atoms with E-state index in [1.54, 1.807) is 13.8 Å². The highest BCUT2D eigenvalue weighted by Crippen LogP contribution is 2.40. The fraction of sp³-hybridized carbons (Fsp3) is 0.360. The third kappa shape index (κ3) is 4.75. The van der Waals surface area contributed by atoms with E-state index in [-0.39, 0.29) is 35.4 Å². The Kier molecular flexibility index (Phi) is 6.66. The fourth-order valence-corrected chi connectivity index (χ4v) is 4.77. The van der Waals surface area contributed by atoms with Gasteiger partial charge >= 0.3 is 11.9 Å². The fourth-order valence-electron chi connectivity index (χ4n) is 4.77. The second kappa shape index (κ2) is 9.84. The number of ether oxygens (including phenoxy) is 2. The summed E-state index contributed by atoms with van der Waals surface area (Å²) in [4.78, 5) is 31.3. The van der Waals surface area contributed by atoms with Gasteiger partial charge in [0.15, 0.2) is 28.7 Å². The van der Waals surface area contributed by atoms with Crippen molar-refractivity contribution in [2.24, 2.45) is 5.73 Å². The predicted molar refractivity (Wildman–Crippen MR) is 131 cm³/mol. The number of H-pyrrole nitrogens is 1. The molecule has 1 unspecified atom stereocenters. The van der Waals surface area contributed by atoms with Crippen LogP contribution >= 0.6 is 0 Å². The van der Waals surface area contributed by atoms with Crippen molar-refractivity contribution in [3.8, 4) is 22.8 Å². The van der Waals surface area contributed by atoms with Crippen LogP contribution in [0.4, 0.5) is 17.6 Å². The van der Waals surface area contributed by atoms with Gasteiger partial charge in [-0.2, -0.15) is 18.3 Å². The number of alkyl halides is 3. The lowest BCUT2D eigenvalue weighted by molar-refractivity contribution is -0.146. The van der Waals surface area contributed by atoms with E-state index in [2.05, 4.69) is 15.1 Å². The van der Waals surface area contributed by atoms with Gasteiger partial charge in [0.25, 0.3) is 5.91 Å². The molecule has 1 atom stereocenters. The average molecular weight is 548 g/mol. The normalized spacial score (nSPS) is 16.2. The molecule has 1 aliphatic heterocycles. The van der Waals surface area contributed by atoms with Crippen LogP contribution in [-0.4, -0.2) is 43.4 Å². The zero-order valence-electron chi connectivity index (χ0n) is 20.9. The number of benzene rings is 1. The summed E-state index contributed by atoms with van der Waals surface area (Å²) in [5.41, 5.74) is 2.85. The number of aromatic nitrogens is 5. The van der Waals surface area contributed by atoms with Crippen LogP contribution < -0.4 is 16.2 Å². The Bertz CT molecular complexity index is 1620. The van der Waals surface area contributed by atoms with E-state index < -0.39 is 46.6 Å². The number of aromatic amines is 1. The van der Waals surface area contributed by atoms with Gasteiger partial charge in [0.1, 0.15) is 11.2 Å². The van der Waals surface area contributed by atoms with E-state index >= 15 is 4.39 Å². The maximum absolute atomic E-state index is 15.3. The predicted octanol–water partition coefficient (Wildman–Crippen LogP) is 4.57. The summed E-state index contributed by atoms with van der Waals surface area (Å²) in [6.45, 7) is 3.95. The molecule has 0 bridgehead atoms. The molecule has 1 amide bonds. The number of amides is 1. The summed E-state index contributed by atoms with van der Waals surface area (Å²) < 4.78 is 70.9. The molecule has 1 fully saturated rings. The Morgan fingerprint density at radius 3 is 2.64 bits per heavy atom. The number of rotatable bonds is 6. The minimum Gasteiger partial charge on any atom is -0.452 e. The van der Waals surface area contributed by atoms with E-state index in [0.29, 0.717) is 29.6 Å². The number of carbonyl (C=O) groups is 1. The number of imidazole rings is 1. The van der Waals surface area contributed by atoms with Crippen molar-refractivity contribution in [2.45, 2.75) is 44.9 Å². The molecule has 3 aromatic heterocycles. The molecule has 0 saturated carbocycles. The summed E-state index contributed by atoms with van der Waals surface area (Å²) >= 11 is 0. The number of hydrogen-bond acceptors (Lipinski definition) is 6. The van der Waals surface area contributed by atoms with Crippen molar-refractivity contribution in [3.63, 3.8) is 0 Å². The van der Waals surface area contributed by atoms with Gasteiger partial charge in [-0.15, -0.1) is 0 Å². The highest BCUT2D eigenvalue weighted by molar-refractivity contribution is 6.00. The number of halogens is 4. The van der Waals surface area contributed by atoms with Crippen molar-refractivity contribution in [2.75, 3.05) is 13.2 Å². The average Bonchev–Trinajstić information content (AvgIpc) is 3.45. The smallest absolute Gasteiger partial charge is 0.433 e. The standard InChI is InChI=1S/C25H24F4N6O4/c1-12(2)34-20-17(7-8-31-23(20)32-24(34)37)39-16-6-5-13(10-15(16)26)19-18(22(30)36)21(25(27,28)29)35(33-19)14-4-3-9-38-11-14/h5-8,10,12,14H,3-4,9,11H2,1-2H3,(H2,30,36)(H,31,32,37). The minimum atomic E-state index is -4.95. The Morgan fingerprint density at radius 1 is 1.26 bits per heavy atom. The van der Waals surface area contributed by atoms with Crippen LogP contribution in [0.2, 0.25) is 0 Å². The molecule has 0 aliphatic carbocycles. The second-order valence-corrected chi connectivity index (χ2v) is 9.40. The Balaban J connectivity index is 1.59. The first-order valence-corrected chi connectivity index (χ1v) is 12.1. The SMILES string of the molecule is CC(C)n1c(=O)[nH]c2nccc(Oc3ccc(-c4nn(C5CCCOC5)c(C(F)(F)F)c4C(N)=O)cc3F)c21. The van der Waals surface area contributed by atoms with Gasteiger partial charge in [-0.1, -0.05) is 0 Å². The van der Waals surface area contributed by atoms with E-state index in [4.69, 9.17) is 15.2 Å². The van der Waals surface area contributed by atoms with Gasteiger partial charge in [0.2, 0.25) is 0 Å². The summed E-state index contributed by atoms with van der Waals surface area (Å²) in [5, 5.41) is 4.08. The third-order valence-corrected chi connectivity index (χ3v) is 6.42. The van der Waals surface area contributed by atoms with Crippen LogP contribution in [0.1, 0.15) is 54.8 Å². The maximum atomic E-state index is 15.3. The van der Waals surface area contributed by atoms with E-state index in [1.807, 2.05) is 0 Å². The van der Waals surface area contributed by atoms with Gasteiger partial charge in [-0.3, -0.25) is 19.0 Å². The first-order chi connectivity index (χ1) is 18.5. The van der Waals surface area contributed by atoms with Crippen LogP contribution in [0.5, 0.6) is 11.5 Å². The number of carbonyl (C=O) groups excluding carboxylic acids is 1. The van der Waals surface area contributed by atoms with E-state index in [1.165, 1.54) is 29.0 Å². The quantitative estimate of drug-likeness (QED) is 0.340. The van der Waals surface area contributed by atoms with Gasteiger partial charge in [-0.25, -0.2) is 14.2 Å². The molecule has 0 spiro atoms. The van der Waals surface area contributed by atoms with Gasteiger partial charge < -0.3 is 15.2 Å². The molecule has 1 aromatic carbocycles. The maximum Gasteiger partial charge on any atom is 0.433 e. The summed E-state index contributed by atoms with van der Waals surface area (Å²) in [5.74, 6) is -2.42. The zero-order valence-corrected chi connectivity index (χ0v) is 20.9. The molecule has 10 nitrogen and oxygen atoms in total. The number of pyridine rings is 1. The number of fused-ring (bicyclic) bond motifs is 1. The monoisotopic (exact) mass is 548 g/mol. The molecular weight excluding hydrogens is 524 g/mol. The van der Waals surface area contributed by atoms with E-state index in [0.717, 1.165) is 6.07 Å². The number of nitrogens with zero attached hydrogens (tertiary/aromatic N) is 4. The first kappa shape index (κ1) is 26.4. The van der Waals surface area contributed by atoms with Crippen molar-refractivity contribution in [3.05, 3.63) is 58.0 Å². The number of nitrogens with two attached hydrogens (primary N) is 1. The van der Waals surface area contributed by atoms with E-state index in [9.17, 15) is 22.8 Å². The number of primary amides is 1. The molecule has 5 rings (SSSR count). The van der Waals surface area contributed by atoms with Crippen LogP contribution in [-0.2, 0) is 10.9 Å². The highest BCUT2D eigenvalue weighted by atomic mass is 19.4. The first-order valence-electron chi connectivity index (χ1n) is 12.1. The van der Waals surface area contributed by atoms with Crippen molar-refractivity contribution in [1.82, 2.24) is 24.3 Å². The lowest BCUT2D eigenvalue weighted by Crippen LogP contribution is -2.28. The molecular formula is C25H24F4N6O4. The Labute approximate surface area is 218 Å². The lowest BCUT2D eigenvalue weighted by Gasteiger charge is -2.24. The van der Waals surface area contributed by atoms with Gasteiger partial charge in [0.05, 0.1) is 18.2 Å². The number of hydrogen-bond donors (Lipinski definition) is 2. The molecule has 14 heteroatoms. The van der Waals surface area contributed by atoms with Crippen LogP contribution in [0.15, 0.2) is 35.3 Å². The second-order valence-electron chi connectivity index (χ2n) is 9.40. The minimum absolute atomic E-state index is 0.0233. The molecule has 3 N–H and O–H groups in total. The van der Waals surface area contributed by atoms with Crippen LogP contribution in [0.3, 0.4) is 0 Å². The van der Waals surface area contributed by atoms with Crippen LogP contribution in [0.25, 0.3) is 22.4 Å². The third-order valence-electron chi connectivity index (χ3n) is 6.42. The molecule has 39 heavy (non-hydrogen) atoms. The highest BCUT2D eigenvalue weighted by Gasteiger charge is 2.43. The Morgan fingerprint density at radius 2 is 2.03 bits per heavy atom. The molecule has 4 heterocycles. The van der Waals surface area contributed by atoms with Gasteiger partial charge in [0, 0.05) is 30.5 Å². The topological polar surface area (TPSA) is 130 Å². The summed E-state index contributed by atoms with van der Waals surface area (Å²) in [7, 11) is 0. The van der Waals surface area contributed by atoms with Crippen LogP contribution in [0, 0.1) is 5.82 Å². The molecule has 0 radical (unpaired) electrons. The largest absolute Gasteiger partial charge is 0.452 e. The van der Waals surface area contributed by atoms with Gasteiger partial charge in [-0.05, 0) is 44.9 Å².